The van der Waals surface area contributed by atoms with Crippen molar-refractivity contribution in [3.05, 3.63) is 56.4 Å². The first-order valence-electron chi connectivity index (χ1n) is 11.2. The number of carbonyl (C=O) groups excluding carboxylic acids is 1. The summed E-state index contributed by atoms with van der Waals surface area (Å²) in [5.74, 6) is 0.512. The van der Waals surface area contributed by atoms with Crippen molar-refractivity contribution in [1.29, 1.82) is 0 Å². The number of benzene rings is 1. The van der Waals surface area contributed by atoms with Crippen LogP contribution in [0.1, 0.15) is 47.5 Å². The number of likely N-dealkylation sites (tertiary alicyclic amines) is 1. The van der Waals surface area contributed by atoms with Gasteiger partial charge in [0, 0.05) is 10.6 Å². The van der Waals surface area contributed by atoms with Crippen LogP contribution < -0.4 is 10.9 Å². The second-order valence-electron chi connectivity index (χ2n) is 8.71. The van der Waals surface area contributed by atoms with Crippen LogP contribution in [-0.2, 0) is 30.7 Å². The van der Waals surface area contributed by atoms with Gasteiger partial charge in [-0.15, -0.1) is 11.3 Å². The van der Waals surface area contributed by atoms with Crippen molar-refractivity contribution in [1.82, 2.24) is 14.5 Å². The van der Waals surface area contributed by atoms with Crippen LogP contribution in [0, 0.1) is 6.92 Å². The van der Waals surface area contributed by atoms with Gasteiger partial charge in [-0.3, -0.25) is 19.1 Å². The Hall–Kier alpha value is -2.51. The molecule has 162 valence electrons. The molecule has 1 aromatic carbocycles. The molecule has 5 rings (SSSR count). The SMILES string of the molecule is Cc1cccc(NC(=O)Cn2c(CN3CCCC3)nc3sc4c(c3c2=O)CCCC4)c1. The number of fused-ring (bicyclic) bond motifs is 3. The van der Waals surface area contributed by atoms with Gasteiger partial charge in [-0.25, -0.2) is 4.98 Å². The number of carbonyl (C=O) groups is 1. The number of hydrogen-bond acceptors (Lipinski definition) is 5. The predicted molar refractivity (Wildman–Crippen MR) is 125 cm³/mol. The third-order valence-electron chi connectivity index (χ3n) is 6.32. The highest BCUT2D eigenvalue weighted by atomic mass is 32.1. The van der Waals surface area contributed by atoms with Gasteiger partial charge in [0.15, 0.2) is 0 Å². The van der Waals surface area contributed by atoms with Gasteiger partial charge in [0.1, 0.15) is 17.2 Å². The average molecular weight is 437 g/mol. The van der Waals surface area contributed by atoms with Gasteiger partial charge in [-0.1, -0.05) is 12.1 Å². The molecular formula is C24H28N4O2S. The zero-order valence-electron chi connectivity index (χ0n) is 17.9. The number of anilines is 1. The molecule has 0 bridgehead atoms. The van der Waals surface area contributed by atoms with Crippen LogP contribution in [0.25, 0.3) is 10.2 Å². The fourth-order valence-corrected chi connectivity index (χ4v) is 6.04. The van der Waals surface area contributed by atoms with E-state index < -0.39 is 0 Å². The third-order valence-corrected chi connectivity index (χ3v) is 7.51. The van der Waals surface area contributed by atoms with Crippen LogP contribution in [0.15, 0.2) is 29.1 Å². The second-order valence-corrected chi connectivity index (χ2v) is 9.79. The van der Waals surface area contributed by atoms with E-state index in [0.717, 1.165) is 53.8 Å². The van der Waals surface area contributed by atoms with E-state index in [-0.39, 0.29) is 18.0 Å². The molecule has 0 spiro atoms. The first-order valence-corrected chi connectivity index (χ1v) is 12.0. The summed E-state index contributed by atoms with van der Waals surface area (Å²) >= 11 is 1.67. The van der Waals surface area contributed by atoms with Crippen molar-refractivity contribution in [3.63, 3.8) is 0 Å². The van der Waals surface area contributed by atoms with Gasteiger partial charge in [0.25, 0.3) is 5.56 Å². The van der Waals surface area contributed by atoms with Gasteiger partial charge in [0.05, 0.1) is 11.9 Å². The highest BCUT2D eigenvalue weighted by Gasteiger charge is 2.24. The summed E-state index contributed by atoms with van der Waals surface area (Å²) < 4.78 is 1.62. The zero-order valence-corrected chi connectivity index (χ0v) is 18.8. The van der Waals surface area contributed by atoms with E-state index in [0.29, 0.717) is 12.4 Å². The molecule has 0 atom stereocenters. The molecule has 0 radical (unpaired) electrons. The molecule has 1 saturated heterocycles. The maximum absolute atomic E-state index is 13.6. The Bertz CT molecular complexity index is 1190. The molecular weight excluding hydrogens is 408 g/mol. The Balaban J connectivity index is 1.52. The molecule has 3 heterocycles. The van der Waals surface area contributed by atoms with E-state index in [9.17, 15) is 9.59 Å². The van der Waals surface area contributed by atoms with Gasteiger partial charge >= 0.3 is 0 Å². The van der Waals surface area contributed by atoms with Crippen LogP contribution in [-0.4, -0.2) is 33.4 Å². The lowest BCUT2D eigenvalue weighted by Gasteiger charge is -2.18. The van der Waals surface area contributed by atoms with Crippen LogP contribution in [0.5, 0.6) is 0 Å². The fourth-order valence-electron chi connectivity index (χ4n) is 4.77. The fraction of sp³-hybridized carbons (Fsp3) is 0.458. The maximum atomic E-state index is 13.6. The van der Waals surface area contributed by atoms with Crippen LogP contribution >= 0.6 is 11.3 Å². The van der Waals surface area contributed by atoms with E-state index in [4.69, 9.17) is 4.98 Å². The van der Waals surface area contributed by atoms with Crippen molar-refractivity contribution in [2.45, 2.75) is 58.5 Å². The third kappa shape index (κ3) is 4.16. The summed E-state index contributed by atoms with van der Waals surface area (Å²) in [5.41, 5.74) is 2.95. The Labute approximate surface area is 185 Å². The van der Waals surface area contributed by atoms with Crippen LogP contribution in [0.4, 0.5) is 5.69 Å². The largest absolute Gasteiger partial charge is 0.325 e. The molecule has 1 N–H and O–H groups in total. The molecule has 31 heavy (non-hydrogen) atoms. The molecule has 1 amide bonds. The van der Waals surface area contributed by atoms with Crippen molar-refractivity contribution in [2.24, 2.45) is 0 Å². The van der Waals surface area contributed by atoms with E-state index >= 15 is 0 Å². The molecule has 1 fully saturated rings. The van der Waals surface area contributed by atoms with Gasteiger partial charge in [-0.05, 0) is 81.8 Å². The van der Waals surface area contributed by atoms with Crippen LogP contribution in [0.2, 0.25) is 0 Å². The van der Waals surface area contributed by atoms with E-state index in [2.05, 4.69) is 10.2 Å². The summed E-state index contributed by atoms with van der Waals surface area (Å²) in [4.78, 5) is 35.9. The summed E-state index contributed by atoms with van der Waals surface area (Å²) in [6.45, 7) is 4.63. The average Bonchev–Trinajstić information content (AvgIpc) is 3.38. The Morgan fingerprint density at radius 2 is 1.97 bits per heavy atom. The molecule has 3 aromatic rings. The molecule has 2 aliphatic rings. The minimum Gasteiger partial charge on any atom is -0.325 e. The summed E-state index contributed by atoms with van der Waals surface area (Å²) in [7, 11) is 0. The van der Waals surface area contributed by atoms with Gasteiger partial charge < -0.3 is 5.32 Å². The van der Waals surface area contributed by atoms with Crippen LogP contribution in [0.3, 0.4) is 0 Å². The number of aryl methyl sites for hydroxylation is 3. The van der Waals surface area contributed by atoms with Gasteiger partial charge in [0.2, 0.25) is 5.91 Å². The number of rotatable bonds is 5. The quantitative estimate of drug-likeness (QED) is 0.659. The van der Waals surface area contributed by atoms with Crippen molar-refractivity contribution < 1.29 is 4.79 Å². The number of aromatic nitrogens is 2. The van der Waals surface area contributed by atoms with Crippen molar-refractivity contribution >= 4 is 33.1 Å². The van der Waals surface area contributed by atoms with E-state index in [1.165, 1.54) is 29.7 Å². The van der Waals surface area contributed by atoms with E-state index in [1.807, 2.05) is 31.2 Å². The Kier molecular flexibility index (Phi) is 5.63. The summed E-state index contributed by atoms with van der Waals surface area (Å²) in [5, 5.41) is 3.69. The monoisotopic (exact) mass is 436 g/mol. The molecule has 0 saturated carbocycles. The van der Waals surface area contributed by atoms with Crippen molar-refractivity contribution in [3.8, 4) is 0 Å². The maximum Gasteiger partial charge on any atom is 0.263 e. The second kappa shape index (κ2) is 8.55. The highest BCUT2D eigenvalue weighted by Crippen LogP contribution is 2.34. The molecule has 0 unspecified atom stereocenters. The number of thiophene rings is 1. The lowest BCUT2D eigenvalue weighted by atomic mass is 9.97. The van der Waals surface area contributed by atoms with Crippen molar-refractivity contribution in [2.75, 3.05) is 18.4 Å². The Morgan fingerprint density at radius 1 is 1.16 bits per heavy atom. The number of nitrogens with one attached hydrogen (secondary N) is 1. The summed E-state index contributed by atoms with van der Waals surface area (Å²) in [6, 6.07) is 7.71. The summed E-state index contributed by atoms with van der Waals surface area (Å²) in [6.07, 6.45) is 6.61. The Morgan fingerprint density at radius 3 is 2.77 bits per heavy atom. The minimum atomic E-state index is -0.194. The number of nitrogens with zero attached hydrogens (tertiary/aromatic N) is 3. The predicted octanol–water partition coefficient (Wildman–Crippen LogP) is 3.88. The standard InChI is InChI=1S/C24H28N4O2S/c1-16-7-6-8-17(13-16)25-21(29)15-28-20(14-27-11-4-5-12-27)26-23-22(24(28)30)18-9-2-3-10-19(18)31-23/h6-8,13H,2-5,9-12,14-15H2,1H3,(H,25,29). The van der Waals surface area contributed by atoms with Gasteiger partial charge in [-0.2, -0.15) is 0 Å². The first kappa shape index (κ1) is 20.4. The molecule has 2 aromatic heterocycles. The first-order chi connectivity index (χ1) is 15.1. The molecule has 7 heteroatoms. The van der Waals surface area contributed by atoms with E-state index in [1.54, 1.807) is 15.9 Å². The number of hydrogen-bond donors (Lipinski definition) is 1. The lowest BCUT2D eigenvalue weighted by Crippen LogP contribution is -2.33. The minimum absolute atomic E-state index is 0.0104. The number of amides is 1. The normalized spacial score (nSPS) is 16.5. The molecule has 1 aliphatic heterocycles. The highest BCUT2D eigenvalue weighted by molar-refractivity contribution is 7.18. The molecule has 1 aliphatic carbocycles. The lowest BCUT2D eigenvalue weighted by molar-refractivity contribution is -0.116. The smallest absolute Gasteiger partial charge is 0.263 e. The zero-order chi connectivity index (χ0) is 21.4. The molecule has 6 nitrogen and oxygen atoms in total. The topological polar surface area (TPSA) is 67.2 Å².